The molecule has 0 fully saturated rings. The van der Waals surface area contributed by atoms with Gasteiger partial charge in [0, 0.05) is 6.07 Å². The van der Waals surface area contributed by atoms with Crippen molar-refractivity contribution in [1.82, 2.24) is 0 Å². The number of rotatable bonds is 3. The molecule has 0 aliphatic rings. The van der Waals surface area contributed by atoms with Gasteiger partial charge in [-0.25, -0.2) is 17.6 Å². The molecule has 0 spiro atoms. The van der Waals surface area contributed by atoms with Gasteiger partial charge >= 0.3 is 5.97 Å². The average molecular weight is 261 g/mol. The van der Waals surface area contributed by atoms with Gasteiger partial charge < -0.3 is 4.74 Å². The minimum absolute atomic E-state index is 0.00620. The molecule has 0 heterocycles. The Balaban J connectivity index is 3.39. The quantitative estimate of drug-likeness (QED) is 0.477. The molecule has 18 heavy (non-hydrogen) atoms. The van der Waals surface area contributed by atoms with Gasteiger partial charge in [-0.3, -0.25) is 4.79 Å². The number of carbonyl (C=O) groups excluding carboxylic acids is 1. The number of nitrogens with zero attached hydrogens (tertiary/aromatic N) is 1. The molecule has 1 aromatic rings. The molecular weight excluding hydrogens is 254 g/mol. The standard InChI is InChI=1S/C11H7F4NO2/c1-2-18-11(17)5(4-16)8-9(14)6(12)3-7(13)10(8)15/h3,5H,2H2,1H3/t5-/m1/s1. The van der Waals surface area contributed by atoms with Crippen molar-refractivity contribution < 1.29 is 27.1 Å². The molecule has 0 radical (unpaired) electrons. The average Bonchev–Trinajstić information content (AvgIpc) is 2.32. The van der Waals surface area contributed by atoms with E-state index in [1.54, 1.807) is 0 Å². The van der Waals surface area contributed by atoms with Crippen LogP contribution in [0.15, 0.2) is 6.07 Å². The molecule has 1 atom stereocenters. The molecule has 96 valence electrons. The fourth-order valence-corrected chi connectivity index (χ4v) is 1.31. The number of halogens is 4. The normalized spacial score (nSPS) is 11.8. The highest BCUT2D eigenvalue weighted by molar-refractivity contribution is 5.81. The highest BCUT2D eigenvalue weighted by Crippen LogP contribution is 2.27. The Hall–Kier alpha value is -2.10. The van der Waals surface area contributed by atoms with E-state index in [0.717, 1.165) is 0 Å². The van der Waals surface area contributed by atoms with Crippen molar-refractivity contribution in [2.24, 2.45) is 0 Å². The third-order valence-electron chi connectivity index (χ3n) is 2.09. The van der Waals surface area contributed by atoms with Crippen molar-refractivity contribution in [2.75, 3.05) is 6.61 Å². The van der Waals surface area contributed by atoms with E-state index in [-0.39, 0.29) is 12.7 Å². The maximum absolute atomic E-state index is 13.3. The summed E-state index contributed by atoms with van der Waals surface area (Å²) < 4.78 is 56.9. The fourth-order valence-electron chi connectivity index (χ4n) is 1.31. The van der Waals surface area contributed by atoms with E-state index in [1.807, 2.05) is 0 Å². The molecule has 0 unspecified atom stereocenters. The molecule has 1 aromatic carbocycles. The number of ether oxygens (including phenoxy) is 1. The molecule has 1 rings (SSSR count). The van der Waals surface area contributed by atoms with E-state index < -0.39 is 40.7 Å². The van der Waals surface area contributed by atoms with Crippen LogP contribution in [0.4, 0.5) is 17.6 Å². The van der Waals surface area contributed by atoms with Gasteiger partial charge in [-0.05, 0) is 6.92 Å². The summed E-state index contributed by atoms with van der Waals surface area (Å²) in [5.41, 5.74) is -1.28. The SMILES string of the molecule is CCOC(=O)[C@H](C#N)c1c(F)c(F)cc(F)c1F. The van der Waals surface area contributed by atoms with E-state index >= 15 is 0 Å². The van der Waals surface area contributed by atoms with Crippen LogP contribution in [-0.2, 0) is 9.53 Å². The maximum atomic E-state index is 13.3. The Morgan fingerprint density at radius 2 is 1.83 bits per heavy atom. The van der Waals surface area contributed by atoms with Gasteiger partial charge in [0.1, 0.15) is 0 Å². The van der Waals surface area contributed by atoms with E-state index in [4.69, 9.17) is 5.26 Å². The van der Waals surface area contributed by atoms with Crippen molar-refractivity contribution in [2.45, 2.75) is 12.8 Å². The Morgan fingerprint density at radius 3 is 2.22 bits per heavy atom. The summed E-state index contributed by atoms with van der Waals surface area (Å²) in [6, 6.07) is 1.24. The summed E-state index contributed by atoms with van der Waals surface area (Å²) in [4.78, 5) is 11.3. The van der Waals surface area contributed by atoms with E-state index in [2.05, 4.69) is 4.74 Å². The minimum atomic E-state index is -2.06. The van der Waals surface area contributed by atoms with Gasteiger partial charge in [-0.1, -0.05) is 0 Å². The van der Waals surface area contributed by atoms with Crippen molar-refractivity contribution in [3.05, 3.63) is 34.9 Å². The number of carbonyl (C=O) groups is 1. The number of esters is 1. The van der Waals surface area contributed by atoms with Crippen LogP contribution in [0.25, 0.3) is 0 Å². The second kappa shape index (κ2) is 5.49. The monoisotopic (exact) mass is 261 g/mol. The first kappa shape index (κ1) is 14.0. The second-order valence-electron chi connectivity index (χ2n) is 3.20. The van der Waals surface area contributed by atoms with Crippen LogP contribution >= 0.6 is 0 Å². The third-order valence-corrected chi connectivity index (χ3v) is 2.09. The van der Waals surface area contributed by atoms with Crippen LogP contribution in [0.1, 0.15) is 18.4 Å². The Labute approximate surface area is 99.6 Å². The van der Waals surface area contributed by atoms with Gasteiger partial charge in [-0.2, -0.15) is 5.26 Å². The molecule has 0 aliphatic carbocycles. The number of hydrogen-bond acceptors (Lipinski definition) is 3. The summed E-state index contributed by atoms with van der Waals surface area (Å²) in [5, 5.41) is 8.68. The van der Waals surface area contributed by atoms with Crippen molar-refractivity contribution in [3.63, 3.8) is 0 Å². The lowest BCUT2D eigenvalue weighted by Crippen LogP contribution is -2.18. The zero-order chi connectivity index (χ0) is 13.9. The van der Waals surface area contributed by atoms with Gasteiger partial charge in [0.15, 0.2) is 29.2 Å². The molecule has 0 N–H and O–H groups in total. The summed E-state index contributed by atoms with van der Waals surface area (Å²) in [6.45, 7) is 1.27. The van der Waals surface area contributed by atoms with E-state index in [1.165, 1.54) is 13.0 Å². The van der Waals surface area contributed by atoms with Crippen LogP contribution in [0.2, 0.25) is 0 Å². The van der Waals surface area contributed by atoms with Crippen molar-refractivity contribution in [1.29, 1.82) is 5.26 Å². The zero-order valence-electron chi connectivity index (χ0n) is 9.14. The van der Waals surface area contributed by atoms with Crippen LogP contribution < -0.4 is 0 Å². The Kier molecular flexibility index (Phi) is 4.26. The molecule has 3 nitrogen and oxygen atoms in total. The van der Waals surface area contributed by atoms with Crippen molar-refractivity contribution >= 4 is 5.97 Å². The summed E-state index contributed by atoms with van der Waals surface area (Å²) >= 11 is 0. The predicted molar refractivity (Wildman–Crippen MR) is 51.3 cm³/mol. The molecule has 0 bridgehead atoms. The molecule has 0 amide bonds. The number of benzene rings is 1. The van der Waals surface area contributed by atoms with Crippen LogP contribution in [-0.4, -0.2) is 12.6 Å². The molecule has 0 aliphatic heterocycles. The first-order chi connectivity index (χ1) is 8.43. The molecule has 0 aromatic heterocycles. The highest BCUT2D eigenvalue weighted by atomic mass is 19.2. The van der Waals surface area contributed by atoms with Crippen LogP contribution in [0, 0.1) is 34.6 Å². The number of nitriles is 1. The fraction of sp³-hybridized carbons (Fsp3) is 0.273. The topological polar surface area (TPSA) is 50.1 Å². The minimum Gasteiger partial charge on any atom is -0.465 e. The lowest BCUT2D eigenvalue weighted by molar-refractivity contribution is -0.143. The second-order valence-corrected chi connectivity index (χ2v) is 3.20. The summed E-state index contributed by atoms with van der Waals surface area (Å²) in [5.74, 6) is -10.3. The van der Waals surface area contributed by atoms with Gasteiger partial charge in [-0.15, -0.1) is 0 Å². The molecule has 0 saturated carbocycles. The first-order valence-electron chi connectivity index (χ1n) is 4.83. The number of hydrogen-bond donors (Lipinski definition) is 0. The highest BCUT2D eigenvalue weighted by Gasteiger charge is 2.32. The third kappa shape index (κ3) is 2.42. The molecule has 7 heteroatoms. The van der Waals surface area contributed by atoms with Gasteiger partial charge in [0.2, 0.25) is 0 Å². The Morgan fingerprint density at radius 1 is 1.33 bits per heavy atom. The summed E-state index contributed by atoms with van der Waals surface area (Å²) in [6.07, 6.45) is 0. The van der Waals surface area contributed by atoms with Gasteiger partial charge in [0.05, 0.1) is 18.2 Å². The Bertz CT molecular complexity index is 499. The smallest absolute Gasteiger partial charge is 0.328 e. The largest absolute Gasteiger partial charge is 0.465 e. The van der Waals surface area contributed by atoms with Crippen molar-refractivity contribution in [3.8, 4) is 6.07 Å². The maximum Gasteiger partial charge on any atom is 0.328 e. The lowest BCUT2D eigenvalue weighted by atomic mass is 9.99. The van der Waals surface area contributed by atoms with Gasteiger partial charge in [0.25, 0.3) is 0 Å². The van der Waals surface area contributed by atoms with E-state index in [9.17, 15) is 22.4 Å². The lowest BCUT2D eigenvalue weighted by Gasteiger charge is -2.11. The van der Waals surface area contributed by atoms with Crippen LogP contribution in [0.3, 0.4) is 0 Å². The molecular formula is C11H7F4NO2. The predicted octanol–water partition coefficient (Wildman–Crippen LogP) is 2.41. The first-order valence-corrected chi connectivity index (χ1v) is 4.83. The van der Waals surface area contributed by atoms with E-state index in [0.29, 0.717) is 0 Å². The molecule has 0 saturated heterocycles. The summed E-state index contributed by atoms with van der Waals surface area (Å²) in [7, 11) is 0. The van der Waals surface area contributed by atoms with Crippen LogP contribution in [0.5, 0.6) is 0 Å². The zero-order valence-corrected chi connectivity index (χ0v) is 9.14.